The molecule has 3 aromatic carbocycles. The van der Waals surface area contributed by atoms with Crippen LogP contribution in [0.3, 0.4) is 0 Å². The van der Waals surface area contributed by atoms with Crippen molar-refractivity contribution >= 4 is 40.6 Å². The zero-order valence-corrected chi connectivity index (χ0v) is 21.8. The number of halogens is 1. The number of ether oxygens (including phenoxy) is 2. The molecular formula is C29H27FN2O5S. The van der Waals surface area contributed by atoms with Gasteiger partial charge in [0.2, 0.25) is 5.91 Å². The van der Waals surface area contributed by atoms with E-state index < -0.39 is 17.1 Å². The minimum Gasteiger partial charge on any atom is -0.490 e. The molecule has 1 saturated heterocycles. The maximum absolute atomic E-state index is 13.9. The molecule has 0 unspecified atom stereocenters. The van der Waals surface area contributed by atoms with Gasteiger partial charge in [-0.15, -0.1) is 0 Å². The third-order valence-electron chi connectivity index (χ3n) is 5.73. The molecular weight excluding hydrogens is 507 g/mol. The van der Waals surface area contributed by atoms with E-state index >= 15 is 0 Å². The molecule has 0 saturated carbocycles. The average molecular weight is 535 g/mol. The molecule has 3 amide bonds. The topological polar surface area (TPSA) is 84.9 Å². The first-order valence-corrected chi connectivity index (χ1v) is 13.0. The third kappa shape index (κ3) is 6.60. The molecule has 7 nitrogen and oxygen atoms in total. The van der Waals surface area contributed by atoms with Gasteiger partial charge in [0.25, 0.3) is 11.1 Å². The molecule has 38 heavy (non-hydrogen) atoms. The highest BCUT2D eigenvalue weighted by molar-refractivity contribution is 8.18. The Balaban J connectivity index is 1.43. The minimum atomic E-state index is -0.547. The van der Waals surface area contributed by atoms with Crippen LogP contribution in [0.4, 0.5) is 14.9 Å². The van der Waals surface area contributed by atoms with Crippen molar-refractivity contribution in [1.82, 2.24) is 4.90 Å². The van der Waals surface area contributed by atoms with Gasteiger partial charge in [-0.05, 0) is 72.6 Å². The fourth-order valence-electron chi connectivity index (χ4n) is 3.73. The first kappa shape index (κ1) is 26.9. The van der Waals surface area contributed by atoms with E-state index in [1.807, 2.05) is 26.0 Å². The van der Waals surface area contributed by atoms with E-state index in [4.69, 9.17) is 9.47 Å². The van der Waals surface area contributed by atoms with Crippen molar-refractivity contribution in [2.75, 3.05) is 18.5 Å². The zero-order chi connectivity index (χ0) is 27.1. The maximum atomic E-state index is 13.9. The monoisotopic (exact) mass is 534 g/mol. The van der Waals surface area contributed by atoms with Gasteiger partial charge in [0.15, 0.2) is 11.5 Å². The molecule has 1 N–H and O–H groups in total. The summed E-state index contributed by atoms with van der Waals surface area (Å²) in [6.45, 7) is 3.86. The molecule has 0 spiro atoms. The number of hydrogen-bond acceptors (Lipinski definition) is 6. The minimum absolute atomic E-state index is 0.0236. The Labute approximate surface area is 224 Å². The summed E-state index contributed by atoms with van der Waals surface area (Å²) in [6, 6.07) is 18.8. The number of imide groups is 1. The van der Waals surface area contributed by atoms with E-state index in [1.165, 1.54) is 6.07 Å². The van der Waals surface area contributed by atoms with E-state index in [0.29, 0.717) is 34.9 Å². The van der Waals surface area contributed by atoms with E-state index in [-0.39, 0.29) is 23.9 Å². The summed E-state index contributed by atoms with van der Waals surface area (Å²) in [6.07, 6.45) is 2.45. The van der Waals surface area contributed by atoms with Crippen molar-refractivity contribution in [1.29, 1.82) is 0 Å². The number of nitrogens with one attached hydrogen (secondary N) is 1. The van der Waals surface area contributed by atoms with Crippen molar-refractivity contribution in [2.24, 2.45) is 0 Å². The molecule has 1 aliphatic rings. The highest BCUT2D eigenvalue weighted by Gasteiger charge is 2.36. The molecule has 0 aromatic heterocycles. The molecule has 196 valence electrons. The second-order valence-electron chi connectivity index (χ2n) is 8.39. The molecule has 9 heteroatoms. The van der Waals surface area contributed by atoms with Crippen molar-refractivity contribution in [3.05, 3.63) is 94.1 Å². The molecule has 3 aromatic rings. The first-order chi connectivity index (χ1) is 18.4. The van der Waals surface area contributed by atoms with Crippen LogP contribution >= 0.6 is 11.8 Å². The number of thioether (sulfide) groups is 1. The summed E-state index contributed by atoms with van der Waals surface area (Å²) in [7, 11) is 0. The summed E-state index contributed by atoms with van der Waals surface area (Å²) in [5, 5.41) is 2.19. The van der Waals surface area contributed by atoms with Crippen LogP contribution in [-0.4, -0.2) is 35.1 Å². The largest absolute Gasteiger partial charge is 0.490 e. The Morgan fingerprint density at radius 2 is 1.76 bits per heavy atom. The van der Waals surface area contributed by atoms with Crippen LogP contribution in [0.25, 0.3) is 6.08 Å². The Bertz CT molecular complexity index is 1370. The van der Waals surface area contributed by atoms with Crippen molar-refractivity contribution in [2.45, 2.75) is 26.9 Å². The highest BCUT2D eigenvalue weighted by atomic mass is 32.2. The molecule has 1 fully saturated rings. The lowest BCUT2D eigenvalue weighted by atomic mass is 10.1. The molecule has 0 aliphatic carbocycles. The van der Waals surface area contributed by atoms with E-state index in [0.717, 1.165) is 28.6 Å². The maximum Gasteiger partial charge on any atom is 0.294 e. The van der Waals surface area contributed by atoms with E-state index in [9.17, 15) is 18.8 Å². The SMILES string of the molecule is CCOc1cc(/C=C2/SC(=O)N(CC(=O)Nc3ccc(CC)cc3)C2=O)ccc1OCc1ccccc1F. The van der Waals surface area contributed by atoms with Gasteiger partial charge in [0, 0.05) is 11.3 Å². The predicted molar refractivity (Wildman–Crippen MR) is 145 cm³/mol. The van der Waals surface area contributed by atoms with Crippen LogP contribution in [0.2, 0.25) is 0 Å². The number of carbonyl (C=O) groups excluding carboxylic acids is 3. The number of amides is 3. The van der Waals surface area contributed by atoms with E-state index in [2.05, 4.69) is 5.32 Å². The van der Waals surface area contributed by atoms with E-state index in [1.54, 1.807) is 54.6 Å². The lowest BCUT2D eigenvalue weighted by molar-refractivity contribution is -0.127. The quantitative estimate of drug-likeness (QED) is 0.319. The molecule has 4 rings (SSSR count). The lowest BCUT2D eigenvalue weighted by Crippen LogP contribution is -2.36. The standard InChI is InChI=1S/C29H27FN2O5S/c1-3-19-9-12-22(13-10-19)31-27(33)17-32-28(34)26(38-29(32)35)16-20-11-14-24(25(15-20)36-4-2)37-18-21-7-5-6-8-23(21)30/h5-16H,3-4,17-18H2,1-2H3,(H,31,33)/b26-16+. The molecule has 0 radical (unpaired) electrons. The summed E-state index contributed by atoms with van der Waals surface area (Å²) in [4.78, 5) is 39.0. The van der Waals surface area contributed by atoms with Crippen LogP contribution < -0.4 is 14.8 Å². The molecule has 0 bridgehead atoms. The van der Waals surface area contributed by atoms with Gasteiger partial charge < -0.3 is 14.8 Å². The fraction of sp³-hybridized carbons (Fsp3) is 0.207. The Morgan fingerprint density at radius 3 is 2.47 bits per heavy atom. The Morgan fingerprint density at radius 1 is 1.00 bits per heavy atom. The average Bonchev–Trinajstić information content (AvgIpc) is 3.17. The van der Waals surface area contributed by atoms with Gasteiger partial charge in [0.05, 0.1) is 11.5 Å². The van der Waals surface area contributed by atoms with Crippen LogP contribution in [0.1, 0.15) is 30.5 Å². The van der Waals surface area contributed by atoms with Crippen molar-refractivity contribution in [3.63, 3.8) is 0 Å². The lowest BCUT2D eigenvalue weighted by Gasteiger charge is -2.13. The van der Waals surface area contributed by atoms with Gasteiger partial charge >= 0.3 is 0 Å². The highest BCUT2D eigenvalue weighted by Crippen LogP contribution is 2.35. The Kier molecular flexibility index (Phi) is 8.81. The number of rotatable bonds is 10. The zero-order valence-electron chi connectivity index (χ0n) is 21.0. The van der Waals surface area contributed by atoms with Crippen molar-refractivity contribution in [3.8, 4) is 11.5 Å². The van der Waals surface area contributed by atoms with Crippen LogP contribution in [0.5, 0.6) is 11.5 Å². The number of benzene rings is 3. The smallest absolute Gasteiger partial charge is 0.294 e. The fourth-order valence-corrected chi connectivity index (χ4v) is 4.57. The second-order valence-corrected chi connectivity index (χ2v) is 9.38. The van der Waals surface area contributed by atoms with Crippen LogP contribution in [-0.2, 0) is 22.6 Å². The molecule has 1 aliphatic heterocycles. The first-order valence-electron chi connectivity index (χ1n) is 12.1. The summed E-state index contributed by atoms with van der Waals surface area (Å²) in [5.41, 5.74) is 2.75. The van der Waals surface area contributed by atoms with Crippen molar-refractivity contribution < 1.29 is 28.2 Å². The van der Waals surface area contributed by atoms with Crippen LogP contribution in [0, 0.1) is 5.82 Å². The van der Waals surface area contributed by atoms with Crippen LogP contribution in [0.15, 0.2) is 71.6 Å². The number of aryl methyl sites for hydroxylation is 1. The van der Waals surface area contributed by atoms with Gasteiger partial charge in [-0.25, -0.2) is 4.39 Å². The van der Waals surface area contributed by atoms with Gasteiger partial charge in [-0.3, -0.25) is 19.3 Å². The Hall–Kier alpha value is -4.11. The number of nitrogens with zero attached hydrogens (tertiary/aromatic N) is 1. The van der Waals surface area contributed by atoms with Gasteiger partial charge in [-0.2, -0.15) is 0 Å². The number of anilines is 1. The van der Waals surface area contributed by atoms with Gasteiger partial charge in [-0.1, -0.05) is 43.3 Å². The summed E-state index contributed by atoms with van der Waals surface area (Å²) in [5.74, 6) is -0.530. The summed E-state index contributed by atoms with van der Waals surface area (Å²) < 4.78 is 25.4. The third-order valence-corrected chi connectivity index (χ3v) is 6.64. The number of hydrogen-bond donors (Lipinski definition) is 1. The molecule has 0 atom stereocenters. The van der Waals surface area contributed by atoms with Gasteiger partial charge in [0.1, 0.15) is 19.0 Å². The summed E-state index contributed by atoms with van der Waals surface area (Å²) >= 11 is 0.767. The second kappa shape index (κ2) is 12.4. The molecule has 1 heterocycles. The predicted octanol–water partition coefficient (Wildman–Crippen LogP) is 6.04. The number of carbonyl (C=O) groups is 3. The normalized spacial score (nSPS) is 14.2.